The number of carbonyl (C=O) groups excluding carboxylic acids is 1. The fraction of sp³-hybridized carbons (Fsp3) is 0.154. The number of benzene rings is 1. The van der Waals surface area contributed by atoms with E-state index in [4.69, 9.17) is 17.3 Å². The van der Waals surface area contributed by atoms with Gasteiger partial charge in [0.15, 0.2) is 5.78 Å². The molecule has 94 valence electrons. The van der Waals surface area contributed by atoms with Crippen LogP contribution in [0.4, 0.5) is 4.39 Å². The lowest BCUT2D eigenvalue weighted by atomic mass is 10.0. The third-order valence-electron chi connectivity index (χ3n) is 2.58. The Bertz CT molecular complexity index is 556. The first-order valence-corrected chi connectivity index (χ1v) is 6.59. The van der Waals surface area contributed by atoms with Crippen molar-refractivity contribution in [2.45, 2.75) is 12.5 Å². The predicted octanol–water partition coefficient (Wildman–Crippen LogP) is 3.35. The van der Waals surface area contributed by atoms with E-state index in [9.17, 15) is 9.18 Å². The van der Waals surface area contributed by atoms with Gasteiger partial charge in [0, 0.05) is 16.3 Å². The maximum atomic E-state index is 12.9. The fourth-order valence-electron chi connectivity index (χ4n) is 1.59. The molecule has 0 fully saturated rings. The summed E-state index contributed by atoms with van der Waals surface area (Å²) in [4.78, 5) is 12.8. The molecule has 2 N–H and O–H groups in total. The predicted molar refractivity (Wildman–Crippen MR) is 71.4 cm³/mol. The van der Waals surface area contributed by atoms with Gasteiger partial charge >= 0.3 is 0 Å². The number of nitrogens with two attached hydrogens (primary N) is 1. The van der Waals surface area contributed by atoms with Gasteiger partial charge in [0.05, 0.1) is 6.04 Å². The van der Waals surface area contributed by atoms with E-state index < -0.39 is 11.9 Å². The summed E-state index contributed by atoms with van der Waals surface area (Å²) in [6.45, 7) is 0. The Labute approximate surface area is 113 Å². The lowest BCUT2D eigenvalue weighted by molar-refractivity contribution is -0.119. The van der Waals surface area contributed by atoms with Gasteiger partial charge in [-0.05, 0) is 29.1 Å². The van der Waals surface area contributed by atoms with Crippen LogP contribution in [-0.2, 0) is 11.2 Å². The maximum absolute atomic E-state index is 12.9. The van der Waals surface area contributed by atoms with E-state index in [0.29, 0.717) is 5.56 Å². The molecule has 0 spiro atoms. The number of rotatable bonds is 4. The van der Waals surface area contributed by atoms with Crippen LogP contribution >= 0.6 is 22.9 Å². The highest BCUT2D eigenvalue weighted by molar-refractivity contribution is 7.10. The first-order valence-electron chi connectivity index (χ1n) is 5.33. The van der Waals surface area contributed by atoms with Gasteiger partial charge in [-0.25, -0.2) is 4.39 Å². The van der Waals surface area contributed by atoms with Crippen LogP contribution in [0, 0.1) is 5.82 Å². The van der Waals surface area contributed by atoms with Gasteiger partial charge in [0.2, 0.25) is 0 Å². The average molecular weight is 284 g/mol. The van der Waals surface area contributed by atoms with Crippen molar-refractivity contribution in [1.29, 1.82) is 0 Å². The molecular weight excluding hydrogens is 273 g/mol. The summed E-state index contributed by atoms with van der Waals surface area (Å²) in [6, 6.07) is 7.01. The molecule has 2 rings (SSSR count). The van der Waals surface area contributed by atoms with Crippen molar-refractivity contribution in [1.82, 2.24) is 0 Å². The van der Waals surface area contributed by atoms with E-state index in [-0.39, 0.29) is 17.2 Å². The highest BCUT2D eigenvalue weighted by Gasteiger charge is 2.18. The molecule has 0 aliphatic rings. The minimum absolute atomic E-state index is 0.109. The molecular formula is C13H11ClFNOS. The number of thiophene rings is 1. The smallest absolute Gasteiger partial charge is 0.159 e. The molecule has 0 saturated heterocycles. The highest BCUT2D eigenvalue weighted by atomic mass is 35.5. The zero-order valence-corrected chi connectivity index (χ0v) is 11.0. The standard InChI is InChI=1S/C13H11ClFNOS/c14-10-7-9(15)4-3-8(10)6-11(17)13(16)12-2-1-5-18-12/h1-5,7,13H,6,16H2. The van der Waals surface area contributed by atoms with Gasteiger partial charge in [-0.1, -0.05) is 23.7 Å². The second-order valence-electron chi connectivity index (χ2n) is 3.87. The number of hydrogen-bond donors (Lipinski definition) is 1. The summed E-state index contributed by atoms with van der Waals surface area (Å²) in [5, 5.41) is 2.12. The van der Waals surface area contributed by atoms with E-state index in [1.165, 1.54) is 29.5 Å². The first-order chi connectivity index (χ1) is 8.58. The number of ketones is 1. The Morgan fingerprint density at radius 3 is 2.83 bits per heavy atom. The topological polar surface area (TPSA) is 43.1 Å². The van der Waals surface area contributed by atoms with Crippen LogP contribution in [0.1, 0.15) is 16.5 Å². The molecule has 0 amide bonds. The van der Waals surface area contributed by atoms with Crippen LogP contribution in [-0.4, -0.2) is 5.78 Å². The van der Waals surface area contributed by atoms with E-state index in [1.807, 2.05) is 17.5 Å². The summed E-state index contributed by atoms with van der Waals surface area (Å²) in [7, 11) is 0. The molecule has 2 aromatic rings. The number of hydrogen-bond acceptors (Lipinski definition) is 3. The summed E-state index contributed by atoms with van der Waals surface area (Å²) in [5.74, 6) is -0.551. The van der Waals surface area contributed by atoms with Crippen molar-refractivity contribution in [3.63, 3.8) is 0 Å². The van der Waals surface area contributed by atoms with E-state index in [0.717, 1.165) is 4.88 Å². The van der Waals surface area contributed by atoms with Crippen molar-refractivity contribution in [2.75, 3.05) is 0 Å². The minimum Gasteiger partial charge on any atom is -0.317 e. The number of Topliss-reactive ketones (excluding diaryl/α,β-unsaturated/α-hetero) is 1. The molecule has 0 radical (unpaired) electrons. The second-order valence-corrected chi connectivity index (χ2v) is 5.26. The molecule has 1 aromatic heterocycles. The van der Waals surface area contributed by atoms with Crippen LogP contribution in [0.25, 0.3) is 0 Å². The van der Waals surface area contributed by atoms with E-state index in [2.05, 4.69) is 0 Å². The van der Waals surface area contributed by atoms with Crippen molar-refractivity contribution in [3.05, 3.63) is 57.0 Å². The van der Waals surface area contributed by atoms with Crippen LogP contribution in [0.15, 0.2) is 35.7 Å². The molecule has 1 heterocycles. The monoisotopic (exact) mass is 283 g/mol. The number of carbonyl (C=O) groups is 1. The molecule has 5 heteroatoms. The normalized spacial score (nSPS) is 12.4. The van der Waals surface area contributed by atoms with Gasteiger partial charge in [0.25, 0.3) is 0 Å². The fourth-order valence-corrected chi connectivity index (χ4v) is 2.57. The quantitative estimate of drug-likeness (QED) is 0.935. The zero-order chi connectivity index (χ0) is 13.1. The van der Waals surface area contributed by atoms with Crippen molar-refractivity contribution >= 4 is 28.7 Å². The SMILES string of the molecule is NC(C(=O)Cc1ccc(F)cc1Cl)c1cccs1. The Kier molecular flexibility index (Phi) is 4.11. The molecule has 2 nitrogen and oxygen atoms in total. The van der Waals surface area contributed by atoms with Gasteiger partial charge in [-0.2, -0.15) is 0 Å². The molecule has 1 unspecified atom stereocenters. The van der Waals surface area contributed by atoms with Crippen LogP contribution in [0.5, 0.6) is 0 Å². The van der Waals surface area contributed by atoms with Crippen LogP contribution < -0.4 is 5.73 Å². The summed E-state index contributed by atoms with van der Waals surface area (Å²) < 4.78 is 12.9. The molecule has 0 saturated carbocycles. The zero-order valence-electron chi connectivity index (χ0n) is 9.40. The van der Waals surface area contributed by atoms with Crippen molar-refractivity contribution in [3.8, 4) is 0 Å². The average Bonchev–Trinajstić information content (AvgIpc) is 2.85. The third-order valence-corrected chi connectivity index (χ3v) is 3.88. The van der Waals surface area contributed by atoms with Gasteiger partial charge in [0.1, 0.15) is 5.82 Å². The summed E-state index contributed by atoms with van der Waals surface area (Å²) in [5.41, 5.74) is 6.45. The Morgan fingerprint density at radius 2 is 2.22 bits per heavy atom. The van der Waals surface area contributed by atoms with Gasteiger partial charge in [-0.3, -0.25) is 4.79 Å². The second kappa shape index (κ2) is 5.61. The molecule has 0 aliphatic heterocycles. The molecule has 18 heavy (non-hydrogen) atoms. The molecule has 0 aliphatic carbocycles. The van der Waals surface area contributed by atoms with E-state index in [1.54, 1.807) is 0 Å². The lowest BCUT2D eigenvalue weighted by Crippen LogP contribution is -2.22. The van der Waals surface area contributed by atoms with Gasteiger partial charge < -0.3 is 5.73 Å². The Balaban J connectivity index is 2.12. The van der Waals surface area contributed by atoms with Crippen molar-refractivity contribution in [2.24, 2.45) is 5.73 Å². The van der Waals surface area contributed by atoms with Crippen molar-refractivity contribution < 1.29 is 9.18 Å². The van der Waals surface area contributed by atoms with E-state index >= 15 is 0 Å². The van der Waals surface area contributed by atoms with Crippen LogP contribution in [0.2, 0.25) is 5.02 Å². The third kappa shape index (κ3) is 2.96. The first kappa shape index (κ1) is 13.2. The highest BCUT2D eigenvalue weighted by Crippen LogP contribution is 2.22. The number of halogens is 2. The minimum atomic E-state index is -0.647. The maximum Gasteiger partial charge on any atom is 0.159 e. The lowest BCUT2D eigenvalue weighted by Gasteiger charge is -2.09. The molecule has 1 aromatic carbocycles. The Morgan fingerprint density at radius 1 is 1.44 bits per heavy atom. The summed E-state index contributed by atoms with van der Waals surface area (Å²) in [6.07, 6.45) is 0.109. The summed E-state index contributed by atoms with van der Waals surface area (Å²) >= 11 is 7.31. The molecule has 1 atom stereocenters. The molecule has 0 bridgehead atoms. The largest absolute Gasteiger partial charge is 0.317 e. The Hall–Kier alpha value is -1.23. The van der Waals surface area contributed by atoms with Gasteiger partial charge in [-0.15, -0.1) is 11.3 Å². The van der Waals surface area contributed by atoms with Crippen LogP contribution in [0.3, 0.4) is 0 Å².